The van der Waals surface area contributed by atoms with Gasteiger partial charge in [0.25, 0.3) is 0 Å². The quantitative estimate of drug-likeness (QED) is 0.454. The van der Waals surface area contributed by atoms with E-state index in [2.05, 4.69) is 13.0 Å². The molecule has 2 nitrogen and oxygen atoms in total. The minimum absolute atomic E-state index is 0.268. The van der Waals surface area contributed by atoms with Gasteiger partial charge in [-0.3, -0.25) is 0 Å². The van der Waals surface area contributed by atoms with E-state index < -0.39 is 0 Å². The summed E-state index contributed by atoms with van der Waals surface area (Å²) >= 11 is 0. The zero-order chi connectivity index (χ0) is 8.53. The molecule has 2 heteroatoms. The zero-order valence-electron chi connectivity index (χ0n) is 7.21. The molecule has 0 saturated carbocycles. The number of hydrogen-bond donors (Lipinski definition) is 2. The SMILES string of the molecule is CC(=CCCCO)CCCO. The van der Waals surface area contributed by atoms with E-state index >= 15 is 0 Å². The van der Waals surface area contributed by atoms with E-state index in [1.807, 2.05) is 0 Å². The highest BCUT2D eigenvalue weighted by Gasteiger charge is 1.88. The Bertz CT molecular complexity index is 108. The molecule has 11 heavy (non-hydrogen) atoms. The van der Waals surface area contributed by atoms with E-state index in [-0.39, 0.29) is 13.2 Å². The molecule has 0 spiro atoms. The highest BCUT2D eigenvalue weighted by atomic mass is 16.3. The van der Waals surface area contributed by atoms with Crippen LogP contribution >= 0.6 is 0 Å². The standard InChI is InChI=1S/C9H18O2/c1-9(6-4-8-11)5-2-3-7-10/h5,10-11H,2-4,6-8H2,1H3. The van der Waals surface area contributed by atoms with Crippen molar-refractivity contribution in [2.75, 3.05) is 13.2 Å². The average Bonchev–Trinajstić information content (AvgIpc) is 2.01. The van der Waals surface area contributed by atoms with Gasteiger partial charge in [-0.15, -0.1) is 0 Å². The number of allylic oxidation sites excluding steroid dienone is 2. The van der Waals surface area contributed by atoms with Gasteiger partial charge in [-0.1, -0.05) is 11.6 Å². The molecule has 0 aromatic carbocycles. The highest BCUT2D eigenvalue weighted by molar-refractivity contribution is 4.97. The molecule has 0 aromatic rings. The van der Waals surface area contributed by atoms with E-state index in [1.54, 1.807) is 0 Å². The van der Waals surface area contributed by atoms with Crippen molar-refractivity contribution in [1.82, 2.24) is 0 Å². The van der Waals surface area contributed by atoms with E-state index in [4.69, 9.17) is 10.2 Å². The van der Waals surface area contributed by atoms with E-state index in [9.17, 15) is 0 Å². The molecule has 0 heterocycles. The van der Waals surface area contributed by atoms with Crippen LogP contribution in [0.15, 0.2) is 11.6 Å². The predicted octanol–water partition coefficient (Wildman–Crippen LogP) is 1.48. The maximum atomic E-state index is 8.52. The second-order valence-electron chi connectivity index (χ2n) is 2.74. The van der Waals surface area contributed by atoms with Crippen LogP contribution in [0.25, 0.3) is 0 Å². The Labute approximate surface area is 68.6 Å². The van der Waals surface area contributed by atoms with Crippen molar-refractivity contribution >= 4 is 0 Å². The summed E-state index contributed by atoms with van der Waals surface area (Å²) in [6.07, 6.45) is 5.75. The minimum atomic E-state index is 0.268. The molecule has 2 N–H and O–H groups in total. The van der Waals surface area contributed by atoms with Gasteiger partial charge in [0.05, 0.1) is 0 Å². The first kappa shape index (κ1) is 10.7. The third kappa shape index (κ3) is 7.56. The molecule has 66 valence electrons. The van der Waals surface area contributed by atoms with Crippen LogP contribution in [0.3, 0.4) is 0 Å². The first-order valence-electron chi connectivity index (χ1n) is 4.18. The van der Waals surface area contributed by atoms with Crippen molar-refractivity contribution in [3.8, 4) is 0 Å². The van der Waals surface area contributed by atoms with Crippen molar-refractivity contribution in [1.29, 1.82) is 0 Å². The van der Waals surface area contributed by atoms with Crippen molar-refractivity contribution < 1.29 is 10.2 Å². The largest absolute Gasteiger partial charge is 0.396 e. The maximum Gasteiger partial charge on any atom is 0.0434 e. The molecule has 0 radical (unpaired) electrons. The third-order valence-electron chi connectivity index (χ3n) is 1.58. The summed E-state index contributed by atoms with van der Waals surface area (Å²) in [6.45, 7) is 2.60. The van der Waals surface area contributed by atoms with Gasteiger partial charge >= 0.3 is 0 Å². The first-order chi connectivity index (χ1) is 5.31. The van der Waals surface area contributed by atoms with Crippen molar-refractivity contribution in [2.45, 2.75) is 32.6 Å². The topological polar surface area (TPSA) is 40.5 Å². The lowest BCUT2D eigenvalue weighted by molar-refractivity contribution is 0.287. The molecule has 0 aliphatic heterocycles. The van der Waals surface area contributed by atoms with Gasteiger partial charge < -0.3 is 10.2 Å². The summed E-state index contributed by atoms with van der Waals surface area (Å²) in [5, 5.41) is 17.0. The Morgan fingerprint density at radius 3 is 2.36 bits per heavy atom. The normalized spacial score (nSPS) is 12.1. The number of aliphatic hydroxyl groups excluding tert-OH is 2. The summed E-state index contributed by atoms with van der Waals surface area (Å²) in [6, 6.07) is 0. The number of hydrogen-bond acceptors (Lipinski definition) is 2. The van der Waals surface area contributed by atoms with Crippen molar-refractivity contribution in [3.05, 3.63) is 11.6 Å². The van der Waals surface area contributed by atoms with Crippen LogP contribution in [0.4, 0.5) is 0 Å². The minimum Gasteiger partial charge on any atom is -0.396 e. The van der Waals surface area contributed by atoms with E-state index in [0.29, 0.717) is 0 Å². The summed E-state index contributed by atoms with van der Waals surface area (Å²) in [7, 11) is 0. The van der Waals surface area contributed by atoms with Crippen LogP contribution < -0.4 is 0 Å². The number of unbranched alkanes of at least 4 members (excludes halogenated alkanes) is 1. The van der Waals surface area contributed by atoms with E-state index in [0.717, 1.165) is 25.7 Å². The van der Waals surface area contributed by atoms with Gasteiger partial charge in [-0.05, 0) is 32.6 Å². The Morgan fingerprint density at radius 1 is 1.18 bits per heavy atom. The molecule has 0 amide bonds. The van der Waals surface area contributed by atoms with Crippen molar-refractivity contribution in [2.24, 2.45) is 0 Å². The van der Waals surface area contributed by atoms with Crippen LogP contribution in [0.2, 0.25) is 0 Å². The Hall–Kier alpha value is -0.340. The Kier molecular flexibility index (Phi) is 7.52. The monoisotopic (exact) mass is 158 g/mol. The molecule has 0 atom stereocenters. The molecule has 0 rings (SSSR count). The van der Waals surface area contributed by atoms with Gasteiger partial charge in [0, 0.05) is 13.2 Å². The number of rotatable bonds is 6. The van der Waals surface area contributed by atoms with Gasteiger partial charge in [0.2, 0.25) is 0 Å². The lowest BCUT2D eigenvalue weighted by Crippen LogP contribution is -1.85. The smallest absolute Gasteiger partial charge is 0.0434 e. The molecular formula is C9H18O2. The molecule has 0 aromatic heterocycles. The van der Waals surface area contributed by atoms with Crippen LogP contribution in [-0.2, 0) is 0 Å². The van der Waals surface area contributed by atoms with Crippen molar-refractivity contribution in [3.63, 3.8) is 0 Å². The predicted molar refractivity (Wildman–Crippen MR) is 46.4 cm³/mol. The van der Waals surface area contributed by atoms with Gasteiger partial charge in [0.1, 0.15) is 0 Å². The zero-order valence-corrected chi connectivity index (χ0v) is 7.21. The summed E-state index contributed by atoms with van der Waals surface area (Å²) in [5.74, 6) is 0. The van der Waals surface area contributed by atoms with Gasteiger partial charge in [0.15, 0.2) is 0 Å². The summed E-state index contributed by atoms with van der Waals surface area (Å²) < 4.78 is 0. The van der Waals surface area contributed by atoms with Crippen LogP contribution in [0.5, 0.6) is 0 Å². The van der Waals surface area contributed by atoms with Gasteiger partial charge in [-0.25, -0.2) is 0 Å². The lowest BCUT2D eigenvalue weighted by Gasteiger charge is -1.97. The molecule has 0 aliphatic rings. The Balaban J connectivity index is 3.30. The fourth-order valence-electron chi connectivity index (χ4n) is 0.900. The fraction of sp³-hybridized carbons (Fsp3) is 0.778. The summed E-state index contributed by atoms with van der Waals surface area (Å²) in [5.41, 5.74) is 1.31. The molecule has 0 bridgehead atoms. The van der Waals surface area contributed by atoms with Crippen LogP contribution in [0, 0.1) is 0 Å². The lowest BCUT2D eigenvalue weighted by atomic mass is 10.1. The third-order valence-corrected chi connectivity index (χ3v) is 1.58. The van der Waals surface area contributed by atoms with E-state index in [1.165, 1.54) is 5.57 Å². The molecular weight excluding hydrogens is 140 g/mol. The molecule has 0 fully saturated rings. The molecule has 0 saturated heterocycles. The molecule has 0 unspecified atom stereocenters. The summed E-state index contributed by atoms with van der Waals surface area (Å²) in [4.78, 5) is 0. The van der Waals surface area contributed by atoms with Crippen LogP contribution in [-0.4, -0.2) is 23.4 Å². The first-order valence-corrected chi connectivity index (χ1v) is 4.18. The molecule has 0 aliphatic carbocycles. The fourth-order valence-corrected chi connectivity index (χ4v) is 0.900. The number of aliphatic hydroxyl groups is 2. The second-order valence-corrected chi connectivity index (χ2v) is 2.74. The second kappa shape index (κ2) is 7.76. The van der Waals surface area contributed by atoms with Gasteiger partial charge in [-0.2, -0.15) is 0 Å². The Morgan fingerprint density at radius 2 is 1.82 bits per heavy atom. The maximum absolute atomic E-state index is 8.52. The average molecular weight is 158 g/mol. The highest BCUT2D eigenvalue weighted by Crippen LogP contribution is 2.05. The van der Waals surface area contributed by atoms with Crippen LogP contribution in [0.1, 0.15) is 32.6 Å².